The Morgan fingerprint density at radius 2 is 1.80 bits per heavy atom. The van der Waals surface area contributed by atoms with E-state index in [-0.39, 0.29) is 5.56 Å². The van der Waals surface area contributed by atoms with Gasteiger partial charge in [-0.05, 0) is 60.6 Å². The van der Waals surface area contributed by atoms with Crippen molar-refractivity contribution in [2.75, 3.05) is 0 Å². The highest BCUT2D eigenvalue weighted by Crippen LogP contribution is 2.33. The molecule has 1 aliphatic carbocycles. The average molecular weight is 415 g/mol. The molecule has 0 atom stereocenters. The third-order valence-corrected chi connectivity index (χ3v) is 6.59. The number of H-pyrrole nitrogens is 1. The molecule has 0 radical (unpaired) electrons. The Morgan fingerprint density at radius 3 is 2.63 bits per heavy atom. The van der Waals surface area contributed by atoms with E-state index in [1.165, 1.54) is 16.9 Å². The van der Waals surface area contributed by atoms with Gasteiger partial charge >= 0.3 is 0 Å². The number of rotatable bonds is 5. The standard InChI is InChI=1S/C25H22N2O2S/c28-24-23-20-8-4-5-9-21(20)30-25(23)27-22(26-24)15-12-17-10-13-19(14-11-17)29-16-18-6-2-1-3-7-18/h1-3,6-7,10-15H,4-5,8-9,16H2,(H,26,27,28)/b15-12+. The molecular weight excluding hydrogens is 392 g/mol. The summed E-state index contributed by atoms with van der Waals surface area (Å²) in [5.74, 6) is 1.42. The molecule has 0 saturated carbocycles. The van der Waals surface area contributed by atoms with Crippen molar-refractivity contribution in [3.8, 4) is 5.75 Å². The smallest absolute Gasteiger partial charge is 0.260 e. The lowest BCUT2D eigenvalue weighted by Crippen LogP contribution is -2.11. The first-order valence-corrected chi connectivity index (χ1v) is 11.1. The van der Waals surface area contributed by atoms with E-state index in [2.05, 4.69) is 9.97 Å². The number of hydrogen-bond acceptors (Lipinski definition) is 4. The van der Waals surface area contributed by atoms with Crippen molar-refractivity contribution in [1.29, 1.82) is 0 Å². The van der Waals surface area contributed by atoms with Crippen molar-refractivity contribution >= 4 is 33.7 Å². The highest BCUT2D eigenvalue weighted by atomic mass is 32.1. The first-order valence-electron chi connectivity index (χ1n) is 10.3. The SMILES string of the molecule is O=c1[nH]c(/C=C/c2ccc(OCc3ccccc3)cc2)nc2sc3c(c12)CCCC3. The summed E-state index contributed by atoms with van der Waals surface area (Å²) in [5, 5.41) is 0.798. The Bertz CT molecular complexity index is 1250. The molecule has 0 amide bonds. The zero-order valence-corrected chi connectivity index (χ0v) is 17.4. The van der Waals surface area contributed by atoms with Crippen molar-refractivity contribution < 1.29 is 4.74 Å². The maximum atomic E-state index is 12.6. The molecule has 2 heterocycles. The highest BCUT2D eigenvalue weighted by Gasteiger charge is 2.19. The fourth-order valence-corrected chi connectivity index (χ4v) is 5.12. The second-order valence-electron chi connectivity index (χ2n) is 7.52. The van der Waals surface area contributed by atoms with Gasteiger partial charge in [0.15, 0.2) is 0 Å². The molecule has 150 valence electrons. The lowest BCUT2D eigenvalue weighted by atomic mass is 9.97. The maximum absolute atomic E-state index is 12.6. The second-order valence-corrected chi connectivity index (χ2v) is 8.60. The van der Waals surface area contributed by atoms with Gasteiger partial charge in [0, 0.05) is 4.88 Å². The van der Waals surface area contributed by atoms with Gasteiger partial charge in [-0.25, -0.2) is 4.98 Å². The van der Waals surface area contributed by atoms with E-state index in [9.17, 15) is 4.79 Å². The zero-order valence-electron chi connectivity index (χ0n) is 16.6. The molecule has 0 unspecified atom stereocenters. The van der Waals surface area contributed by atoms with Crippen LogP contribution in [0, 0.1) is 0 Å². The summed E-state index contributed by atoms with van der Waals surface area (Å²) < 4.78 is 5.83. The van der Waals surface area contributed by atoms with E-state index >= 15 is 0 Å². The Kier molecular flexibility index (Phi) is 5.20. The van der Waals surface area contributed by atoms with Gasteiger partial charge < -0.3 is 9.72 Å². The third kappa shape index (κ3) is 3.94. The lowest BCUT2D eigenvalue weighted by Gasteiger charge is -2.09. The predicted octanol–water partition coefficient (Wildman–Crippen LogP) is 5.61. The number of ether oxygens (including phenoxy) is 1. The fourth-order valence-electron chi connectivity index (χ4n) is 3.85. The summed E-state index contributed by atoms with van der Waals surface area (Å²) in [5.41, 5.74) is 3.36. The number of benzene rings is 2. The Hall–Kier alpha value is -3.18. The number of nitrogens with one attached hydrogen (secondary N) is 1. The van der Waals surface area contributed by atoms with Gasteiger partial charge in [-0.15, -0.1) is 11.3 Å². The minimum atomic E-state index is -0.0243. The van der Waals surface area contributed by atoms with E-state index in [4.69, 9.17) is 4.74 Å². The molecular formula is C25H22N2O2S. The van der Waals surface area contributed by atoms with Crippen LogP contribution in [0.4, 0.5) is 0 Å². The largest absolute Gasteiger partial charge is 0.489 e. The molecule has 0 bridgehead atoms. The molecule has 2 aromatic carbocycles. The van der Waals surface area contributed by atoms with Crippen LogP contribution in [0.3, 0.4) is 0 Å². The zero-order chi connectivity index (χ0) is 20.3. The minimum Gasteiger partial charge on any atom is -0.489 e. The third-order valence-electron chi connectivity index (χ3n) is 5.41. The fraction of sp³-hybridized carbons (Fsp3) is 0.200. The van der Waals surface area contributed by atoms with Crippen molar-refractivity contribution in [3.05, 3.63) is 92.3 Å². The average Bonchev–Trinajstić information content (AvgIpc) is 3.16. The maximum Gasteiger partial charge on any atom is 0.260 e. The van der Waals surface area contributed by atoms with Gasteiger partial charge in [0.05, 0.1) is 5.39 Å². The summed E-state index contributed by atoms with van der Waals surface area (Å²) >= 11 is 1.67. The number of aryl methyl sites for hydroxylation is 2. The van der Waals surface area contributed by atoms with Crippen LogP contribution in [0.1, 0.15) is 40.2 Å². The van der Waals surface area contributed by atoms with Crippen LogP contribution in [-0.2, 0) is 19.4 Å². The minimum absolute atomic E-state index is 0.0243. The molecule has 2 aromatic heterocycles. The van der Waals surface area contributed by atoms with Crippen molar-refractivity contribution in [3.63, 3.8) is 0 Å². The van der Waals surface area contributed by atoms with Gasteiger partial charge in [-0.3, -0.25) is 4.79 Å². The number of nitrogens with zero attached hydrogens (tertiary/aromatic N) is 1. The summed E-state index contributed by atoms with van der Waals surface area (Å²) in [7, 11) is 0. The van der Waals surface area contributed by atoms with Crippen LogP contribution in [-0.4, -0.2) is 9.97 Å². The normalized spacial score (nSPS) is 13.6. The molecule has 4 aromatic rings. The van der Waals surface area contributed by atoms with Crippen LogP contribution in [0.15, 0.2) is 59.4 Å². The summed E-state index contributed by atoms with van der Waals surface area (Å²) in [6, 6.07) is 18.0. The van der Waals surface area contributed by atoms with Crippen molar-refractivity contribution in [2.45, 2.75) is 32.3 Å². The number of aromatic nitrogens is 2. The Morgan fingerprint density at radius 1 is 1.00 bits per heavy atom. The van der Waals surface area contributed by atoms with Gasteiger partial charge in [0.25, 0.3) is 5.56 Å². The Balaban J connectivity index is 1.31. The van der Waals surface area contributed by atoms with E-state index in [0.29, 0.717) is 12.4 Å². The van der Waals surface area contributed by atoms with E-state index in [1.54, 1.807) is 11.3 Å². The van der Waals surface area contributed by atoms with E-state index in [1.807, 2.05) is 66.7 Å². The first kappa shape index (κ1) is 18.8. The number of hydrogen-bond donors (Lipinski definition) is 1. The molecule has 1 N–H and O–H groups in total. The lowest BCUT2D eigenvalue weighted by molar-refractivity contribution is 0.306. The summed E-state index contributed by atoms with van der Waals surface area (Å²) in [6.45, 7) is 0.548. The van der Waals surface area contributed by atoms with E-state index < -0.39 is 0 Å². The van der Waals surface area contributed by atoms with Crippen molar-refractivity contribution in [2.24, 2.45) is 0 Å². The van der Waals surface area contributed by atoms with Crippen LogP contribution in [0.5, 0.6) is 5.75 Å². The summed E-state index contributed by atoms with van der Waals surface area (Å²) in [6.07, 6.45) is 8.24. The van der Waals surface area contributed by atoms with Gasteiger partial charge in [0.2, 0.25) is 0 Å². The molecule has 0 fully saturated rings. The molecule has 1 aliphatic rings. The van der Waals surface area contributed by atoms with Crippen molar-refractivity contribution in [1.82, 2.24) is 9.97 Å². The summed E-state index contributed by atoms with van der Waals surface area (Å²) in [4.78, 5) is 22.5. The molecule has 5 heteroatoms. The van der Waals surface area contributed by atoms with Gasteiger partial charge in [0.1, 0.15) is 23.0 Å². The number of fused-ring (bicyclic) bond motifs is 3. The van der Waals surface area contributed by atoms with Crippen LogP contribution >= 0.6 is 11.3 Å². The van der Waals surface area contributed by atoms with Crippen LogP contribution in [0.2, 0.25) is 0 Å². The molecule has 5 rings (SSSR count). The van der Waals surface area contributed by atoms with E-state index in [0.717, 1.165) is 46.4 Å². The molecule has 4 nitrogen and oxygen atoms in total. The molecule has 0 saturated heterocycles. The number of thiophene rings is 1. The Labute approximate surface area is 178 Å². The molecule has 0 spiro atoms. The second kappa shape index (κ2) is 8.28. The van der Waals surface area contributed by atoms with Gasteiger partial charge in [-0.1, -0.05) is 48.5 Å². The first-order chi connectivity index (χ1) is 14.8. The van der Waals surface area contributed by atoms with Crippen LogP contribution < -0.4 is 10.3 Å². The monoisotopic (exact) mass is 414 g/mol. The number of aromatic amines is 1. The predicted molar refractivity (Wildman–Crippen MR) is 123 cm³/mol. The van der Waals surface area contributed by atoms with Crippen LogP contribution in [0.25, 0.3) is 22.4 Å². The topological polar surface area (TPSA) is 55.0 Å². The van der Waals surface area contributed by atoms with Gasteiger partial charge in [-0.2, -0.15) is 0 Å². The molecule has 30 heavy (non-hydrogen) atoms. The highest BCUT2D eigenvalue weighted by molar-refractivity contribution is 7.18. The molecule has 0 aliphatic heterocycles. The quantitative estimate of drug-likeness (QED) is 0.462.